The van der Waals surface area contributed by atoms with E-state index in [4.69, 9.17) is 22.1 Å². The standard InChI is InChI=1S/C18H29ClN4O2/c1-5-23-7-6-22(4)10-13(11-23)21-18(24)14-8-15(19)16(20)9-17(14)25-12(2)3/h8-9,12-13H,5-7,10-11,20H2,1-4H3,(H,21,24). The highest BCUT2D eigenvalue weighted by molar-refractivity contribution is 6.33. The summed E-state index contributed by atoms with van der Waals surface area (Å²) in [5.74, 6) is 0.276. The molecule has 0 aliphatic carbocycles. The maximum absolute atomic E-state index is 12.9. The zero-order valence-corrected chi connectivity index (χ0v) is 16.3. The maximum Gasteiger partial charge on any atom is 0.255 e. The molecule has 0 spiro atoms. The van der Waals surface area contributed by atoms with E-state index in [0.29, 0.717) is 22.0 Å². The molecule has 0 aromatic heterocycles. The van der Waals surface area contributed by atoms with E-state index in [2.05, 4.69) is 29.1 Å². The summed E-state index contributed by atoms with van der Waals surface area (Å²) in [6.07, 6.45) is -0.0632. The SMILES string of the molecule is CCN1CCN(C)CC(NC(=O)c2cc(Cl)c(N)cc2OC(C)C)C1. The molecule has 2 rings (SSSR count). The van der Waals surface area contributed by atoms with Gasteiger partial charge in [-0.2, -0.15) is 0 Å². The topological polar surface area (TPSA) is 70.8 Å². The summed E-state index contributed by atoms with van der Waals surface area (Å²) in [6.45, 7) is 10.6. The highest BCUT2D eigenvalue weighted by Crippen LogP contribution is 2.29. The molecular weight excluding hydrogens is 340 g/mol. The normalized spacial score (nSPS) is 19.7. The van der Waals surface area contributed by atoms with Crippen LogP contribution in [0.1, 0.15) is 31.1 Å². The second-order valence-electron chi connectivity index (χ2n) is 6.86. The molecule has 1 aliphatic heterocycles. The van der Waals surface area contributed by atoms with Crippen molar-refractivity contribution >= 4 is 23.2 Å². The van der Waals surface area contributed by atoms with Crippen molar-refractivity contribution in [1.29, 1.82) is 0 Å². The van der Waals surface area contributed by atoms with Gasteiger partial charge in [-0.1, -0.05) is 18.5 Å². The van der Waals surface area contributed by atoms with Gasteiger partial charge in [-0.3, -0.25) is 4.79 Å². The predicted molar refractivity (Wildman–Crippen MR) is 102 cm³/mol. The molecule has 1 aliphatic rings. The quantitative estimate of drug-likeness (QED) is 0.778. The molecule has 1 saturated heterocycles. The molecule has 1 amide bonds. The fraction of sp³-hybridized carbons (Fsp3) is 0.611. The van der Waals surface area contributed by atoms with Crippen LogP contribution in [0.5, 0.6) is 5.75 Å². The number of halogens is 1. The molecule has 25 heavy (non-hydrogen) atoms. The van der Waals surface area contributed by atoms with E-state index >= 15 is 0 Å². The number of hydrogen-bond acceptors (Lipinski definition) is 5. The van der Waals surface area contributed by atoms with Gasteiger partial charge in [-0.25, -0.2) is 0 Å². The number of nitrogens with zero attached hydrogens (tertiary/aromatic N) is 2. The number of carbonyl (C=O) groups excluding carboxylic acids is 1. The first kappa shape index (κ1) is 19.8. The Morgan fingerprint density at radius 1 is 1.40 bits per heavy atom. The summed E-state index contributed by atoms with van der Waals surface area (Å²) in [4.78, 5) is 17.4. The van der Waals surface area contributed by atoms with E-state index in [9.17, 15) is 4.79 Å². The van der Waals surface area contributed by atoms with Crippen LogP contribution in [0.4, 0.5) is 5.69 Å². The number of benzene rings is 1. The van der Waals surface area contributed by atoms with E-state index in [1.54, 1.807) is 12.1 Å². The van der Waals surface area contributed by atoms with Gasteiger partial charge in [0.15, 0.2) is 0 Å². The summed E-state index contributed by atoms with van der Waals surface area (Å²) in [5, 5.41) is 3.48. The smallest absolute Gasteiger partial charge is 0.255 e. The van der Waals surface area contributed by atoms with Crippen molar-refractivity contribution in [1.82, 2.24) is 15.1 Å². The van der Waals surface area contributed by atoms with Crippen LogP contribution in [-0.4, -0.2) is 67.6 Å². The van der Waals surface area contributed by atoms with Crippen LogP contribution in [0.15, 0.2) is 12.1 Å². The van der Waals surface area contributed by atoms with Gasteiger partial charge in [0.1, 0.15) is 5.75 Å². The van der Waals surface area contributed by atoms with Crippen molar-refractivity contribution in [3.63, 3.8) is 0 Å². The molecule has 0 bridgehead atoms. The molecule has 1 aromatic rings. The van der Waals surface area contributed by atoms with Crippen molar-refractivity contribution in [2.24, 2.45) is 0 Å². The van der Waals surface area contributed by atoms with E-state index in [1.165, 1.54) is 0 Å². The summed E-state index contributed by atoms with van der Waals surface area (Å²) < 4.78 is 5.76. The predicted octanol–water partition coefficient (Wildman–Crippen LogP) is 2.08. The number of nitrogens with two attached hydrogens (primary N) is 1. The third-order valence-electron chi connectivity index (χ3n) is 4.30. The van der Waals surface area contributed by atoms with Crippen molar-refractivity contribution < 1.29 is 9.53 Å². The van der Waals surface area contributed by atoms with Gasteiger partial charge in [-0.15, -0.1) is 0 Å². The number of amides is 1. The molecule has 1 atom stereocenters. The maximum atomic E-state index is 12.9. The largest absolute Gasteiger partial charge is 0.490 e. The Bertz CT molecular complexity index is 609. The van der Waals surface area contributed by atoms with Crippen LogP contribution in [0.2, 0.25) is 5.02 Å². The number of anilines is 1. The van der Waals surface area contributed by atoms with Gasteiger partial charge in [0.05, 0.1) is 28.4 Å². The van der Waals surface area contributed by atoms with E-state index in [0.717, 1.165) is 32.7 Å². The second-order valence-corrected chi connectivity index (χ2v) is 7.27. The van der Waals surface area contributed by atoms with Crippen LogP contribution in [0.3, 0.4) is 0 Å². The lowest BCUT2D eigenvalue weighted by molar-refractivity contribution is 0.0919. The monoisotopic (exact) mass is 368 g/mol. The van der Waals surface area contributed by atoms with Crippen LogP contribution in [0.25, 0.3) is 0 Å². The summed E-state index contributed by atoms with van der Waals surface area (Å²) in [7, 11) is 2.08. The highest BCUT2D eigenvalue weighted by atomic mass is 35.5. The number of nitrogens with one attached hydrogen (secondary N) is 1. The average molecular weight is 369 g/mol. The first-order chi connectivity index (χ1) is 11.8. The Labute approximate surface area is 155 Å². The van der Waals surface area contributed by atoms with Gasteiger partial charge < -0.3 is 25.6 Å². The first-order valence-corrected chi connectivity index (χ1v) is 9.15. The van der Waals surface area contributed by atoms with Crippen LogP contribution < -0.4 is 15.8 Å². The van der Waals surface area contributed by atoms with Gasteiger partial charge >= 0.3 is 0 Å². The number of hydrogen-bond donors (Lipinski definition) is 2. The minimum absolute atomic E-state index is 0.0446. The fourth-order valence-electron chi connectivity index (χ4n) is 2.98. The summed E-state index contributed by atoms with van der Waals surface area (Å²) >= 11 is 6.13. The Morgan fingerprint density at radius 3 is 2.76 bits per heavy atom. The Balaban J connectivity index is 2.20. The Morgan fingerprint density at radius 2 is 2.12 bits per heavy atom. The summed E-state index contributed by atoms with van der Waals surface area (Å²) in [5.41, 5.74) is 6.69. The highest BCUT2D eigenvalue weighted by Gasteiger charge is 2.24. The number of rotatable bonds is 5. The minimum Gasteiger partial charge on any atom is -0.490 e. The number of nitrogen functional groups attached to an aromatic ring is 1. The zero-order chi connectivity index (χ0) is 18.6. The third kappa shape index (κ3) is 5.49. The Hall–Kier alpha value is -1.50. The van der Waals surface area contributed by atoms with E-state index in [-0.39, 0.29) is 18.1 Å². The Kier molecular flexibility index (Phi) is 6.93. The number of ether oxygens (including phenoxy) is 1. The van der Waals surface area contributed by atoms with Gasteiger partial charge in [-0.05, 0) is 33.5 Å². The van der Waals surface area contributed by atoms with Crippen LogP contribution >= 0.6 is 11.6 Å². The molecule has 140 valence electrons. The van der Waals surface area contributed by atoms with E-state index in [1.807, 2.05) is 13.8 Å². The fourth-order valence-corrected chi connectivity index (χ4v) is 3.14. The lowest BCUT2D eigenvalue weighted by Gasteiger charge is -2.24. The molecule has 1 fully saturated rings. The van der Waals surface area contributed by atoms with Crippen molar-refractivity contribution in [3.8, 4) is 5.75 Å². The molecule has 0 radical (unpaired) electrons. The van der Waals surface area contributed by atoms with Gasteiger partial charge in [0.2, 0.25) is 0 Å². The second kappa shape index (κ2) is 8.74. The van der Waals surface area contributed by atoms with Crippen molar-refractivity contribution in [3.05, 3.63) is 22.7 Å². The molecule has 7 heteroatoms. The summed E-state index contributed by atoms with van der Waals surface area (Å²) in [6, 6.07) is 3.25. The van der Waals surface area contributed by atoms with E-state index < -0.39 is 0 Å². The molecular formula is C18H29ClN4O2. The molecule has 1 unspecified atom stereocenters. The molecule has 3 N–H and O–H groups in total. The average Bonchev–Trinajstić information content (AvgIpc) is 2.71. The van der Waals surface area contributed by atoms with Crippen LogP contribution in [0, 0.1) is 0 Å². The number of likely N-dealkylation sites (N-methyl/N-ethyl adjacent to an activating group) is 2. The van der Waals surface area contributed by atoms with Crippen molar-refractivity contribution in [2.75, 3.05) is 45.5 Å². The molecule has 1 heterocycles. The molecule has 0 saturated carbocycles. The minimum atomic E-state index is -0.186. The van der Waals surface area contributed by atoms with Gasteiger partial charge in [0.25, 0.3) is 5.91 Å². The van der Waals surface area contributed by atoms with Crippen molar-refractivity contribution in [2.45, 2.75) is 32.9 Å². The zero-order valence-electron chi connectivity index (χ0n) is 15.5. The first-order valence-electron chi connectivity index (χ1n) is 8.77. The third-order valence-corrected chi connectivity index (χ3v) is 4.62. The van der Waals surface area contributed by atoms with Gasteiger partial charge in [0, 0.05) is 32.2 Å². The molecule has 1 aromatic carbocycles. The number of carbonyl (C=O) groups is 1. The molecule has 6 nitrogen and oxygen atoms in total. The lowest BCUT2D eigenvalue weighted by Crippen LogP contribution is -2.46. The lowest BCUT2D eigenvalue weighted by atomic mass is 10.1. The van der Waals surface area contributed by atoms with Crippen LogP contribution in [-0.2, 0) is 0 Å².